The van der Waals surface area contributed by atoms with Crippen LogP contribution in [0.5, 0.6) is 0 Å². The number of fused-ring (bicyclic) bond motifs is 1. The average molecular weight is 284 g/mol. The second-order valence-electron chi connectivity index (χ2n) is 4.78. The lowest BCUT2D eigenvalue weighted by molar-refractivity contribution is 0.0657. The summed E-state index contributed by atoms with van der Waals surface area (Å²) in [6.45, 7) is 3.77. The molecule has 3 rings (SSSR count). The molecule has 1 fully saturated rings. The summed E-state index contributed by atoms with van der Waals surface area (Å²) in [5, 5.41) is 6.86. The lowest BCUT2D eigenvalue weighted by Crippen LogP contribution is -2.40. The van der Waals surface area contributed by atoms with Gasteiger partial charge in [0, 0.05) is 18.8 Å². The molecule has 0 bridgehead atoms. The maximum Gasteiger partial charge on any atom is 0.225 e. The number of thiophene rings is 1. The van der Waals surface area contributed by atoms with Crippen molar-refractivity contribution in [2.75, 3.05) is 18.5 Å². The smallest absolute Gasteiger partial charge is 0.225 e. The molecule has 96 valence electrons. The quantitative estimate of drug-likeness (QED) is 0.859. The van der Waals surface area contributed by atoms with Crippen LogP contribution in [0.1, 0.15) is 19.8 Å². The molecule has 2 aromatic rings. The van der Waals surface area contributed by atoms with Gasteiger partial charge >= 0.3 is 0 Å². The summed E-state index contributed by atoms with van der Waals surface area (Å²) in [5.41, 5.74) is 0.0186. The Labute approximate surface area is 114 Å². The fourth-order valence-electron chi connectivity index (χ4n) is 2.16. The Kier molecular flexibility index (Phi) is 3.13. The van der Waals surface area contributed by atoms with Gasteiger partial charge in [0.05, 0.1) is 5.39 Å². The molecule has 1 saturated heterocycles. The van der Waals surface area contributed by atoms with Gasteiger partial charge in [-0.2, -0.15) is 0 Å². The maximum absolute atomic E-state index is 5.96. The molecule has 0 spiro atoms. The lowest BCUT2D eigenvalue weighted by Gasteiger charge is -2.35. The van der Waals surface area contributed by atoms with E-state index in [4.69, 9.17) is 16.3 Å². The molecule has 0 aliphatic carbocycles. The molecule has 0 saturated carbocycles. The third-order valence-corrected chi connectivity index (χ3v) is 4.29. The van der Waals surface area contributed by atoms with Crippen LogP contribution in [0.3, 0.4) is 0 Å². The Hall–Kier alpha value is -0.910. The minimum atomic E-state index is 0.0186. The first-order chi connectivity index (χ1) is 8.66. The van der Waals surface area contributed by atoms with Gasteiger partial charge < -0.3 is 10.1 Å². The molecule has 4 nitrogen and oxygen atoms in total. The van der Waals surface area contributed by atoms with Crippen molar-refractivity contribution >= 4 is 39.0 Å². The largest absolute Gasteiger partial charge is 0.381 e. The van der Waals surface area contributed by atoms with Gasteiger partial charge in [-0.1, -0.05) is 0 Å². The van der Waals surface area contributed by atoms with Crippen LogP contribution < -0.4 is 5.32 Å². The number of hydrogen-bond acceptors (Lipinski definition) is 5. The minimum absolute atomic E-state index is 0.0186. The molecule has 2 aromatic heterocycles. The summed E-state index contributed by atoms with van der Waals surface area (Å²) < 4.78 is 5.40. The number of aromatic nitrogens is 2. The number of ether oxygens (including phenoxy) is 1. The Morgan fingerprint density at radius 2 is 2.17 bits per heavy atom. The molecular formula is C12H14ClN3OS. The minimum Gasteiger partial charge on any atom is -0.381 e. The van der Waals surface area contributed by atoms with E-state index in [9.17, 15) is 0 Å². The van der Waals surface area contributed by atoms with Crippen molar-refractivity contribution in [3.63, 3.8) is 0 Å². The highest BCUT2D eigenvalue weighted by Crippen LogP contribution is 2.31. The highest BCUT2D eigenvalue weighted by Gasteiger charge is 2.28. The second-order valence-corrected chi connectivity index (χ2v) is 6.01. The zero-order chi connectivity index (χ0) is 12.6. The molecule has 6 heteroatoms. The summed E-state index contributed by atoms with van der Waals surface area (Å²) in [6.07, 6.45) is 1.94. The number of nitrogens with one attached hydrogen (secondary N) is 1. The van der Waals surface area contributed by atoms with Gasteiger partial charge in [-0.15, -0.1) is 11.3 Å². The van der Waals surface area contributed by atoms with Crippen molar-refractivity contribution in [1.29, 1.82) is 0 Å². The topological polar surface area (TPSA) is 47.0 Å². The Bertz CT molecular complexity index is 565. The zero-order valence-electron chi connectivity index (χ0n) is 10.1. The first-order valence-corrected chi connectivity index (χ1v) is 7.19. The third-order valence-electron chi connectivity index (χ3n) is 3.31. The predicted molar refractivity (Wildman–Crippen MR) is 74.5 cm³/mol. The van der Waals surface area contributed by atoms with E-state index in [0.717, 1.165) is 42.1 Å². The Balaban J connectivity index is 1.96. The Morgan fingerprint density at radius 1 is 1.39 bits per heavy atom. The van der Waals surface area contributed by atoms with Crippen LogP contribution in [0.4, 0.5) is 5.82 Å². The molecule has 18 heavy (non-hydrogen) atoms. The average Bonchev–Trinajstić information content (AvgIpc) is 2.77. The van der Waals surface area contributed by atoms with Gasteiger partial charge in [0.25, 0.3) is 0 Å². The number of nitrogens with zero attached hydrogens (tertiary/aromatic N) is 2. The van der Waals surface area contributed by atoms with Crippen LogP contribution in [-0.2, 0) is 4.74 Å². The normalized spacial score (nSPS) is 19.0. The first kappa shape index (κ1) is 12.1. The summed E-state index contributed by atoms with van der Waals surface area (Å²) >= 11 is 7.54. The summed E-state index contributed by atoms with van der Waals surface area (Å²) in [7, 11) is 0. The number of rotatable bonds is 2. The fourth-order valence-corrected chi connectivity index (χ4v) is 3.14. The van der Waals surface area contributed by atoms with E-state index in [0.29, 0.717) is 5.28 Å². The van der Waals surface area contributed by atoms with Crippen LogP contribution in [0, 0.1) is 0 Å². The van der Waals surface area contributed by atoms with Gasteiger partial charge in [-0.05, 0) is 42.8 Å². The highest BCUT2D eigenvalue weighted by atomic mass is 35.5. The van der Waals surface area contributed by atoms with Crippen LogP contribution in [0.2, 0.25) is 5.28 Å². The van der Waals surface area contributed by atoms with E-state index in [1.807, 2.05) is 11.4 Å². The molecule has 0 radical (unpaired) electrons. The van der Waals surface area contributed by atoms with Crippen LogP contribution in [0.15, 0.2) is 11.4 Å². The van der Waals surface area contributed by atoms with E-state index in [1.165, 1.54) is 0 Å². The van der Waals surface area contributed by atoms with Gasteiger partial charge in [-0.3, -0.25) is 0 Å². The monoisotopic (exact) mass is 283 g/mol. The van der Waals surface area contributed by atoms with Crippen molar-refractivity contribution in [3.05, 3.63) is 16.7 Å². The van der Waals surface area contributed by atoms with E-state index in [2.05, 4.69) is 22.2 Å². The van der Waals surface area contributed by atoms with Crippen molar-refractivity contribution < 1.29 is 4.74 Å². The van der Waals surface area contributed by atoms with Gasteiger partial charge in [0.15, 0.2) is 0 Å². The highest BCUT2D eigenvalue weighted by molar-refractivity contribution is 7.16. The number of halogens is 1. The number of hydrogen-bond donors (Lipinski definition) is 1. The maximum atomic E-state index is 5.96. The fraction of sp³-hybridized carbons (Fsp3) is 0.500. The second kappa shape index (κ2) is 4.64. The van der Waals surface area contributed by atoms with Crippen LogP contribution in [-0.4, -0.2) is 28.7 Å². The van der Waals surface area contributed by atoms with Crippen LogP contribution >= 0.6 is 22.9 Å². The van der Waals surface area contributed by atoms with E-state index < -0.39 is 0 Å². The van der Waals surface area contributed by atoms with Crippen molar-refractivity contribution in [2.45, 2.75) is 25.3 Å². The molecule has 1 N–H and O–H groups in total. The molecular weight excluding hydrogens is 270 g/mol. The van der Waals surface area contributed by atoms with Gasteiger partial charge in [0.1, 0.15) is 10.6 Å². The predicted octanol–water partition coefficient (Wildman–Crippen LogP) is 3.33. The summed E-state index contributed by atoms with van der Waals surface area (Å²) in [5.74, 6) is 0.829. The van der Waals surface area contributed by atoms with Gasteiger partial charge in [0.2, 0.25) is 5.28 Å². The lowest BCUT2D eigenvalue weighted by atomic mass is 9.92. The molecule has 1 aliphatic rings. The standard InChI is InChI=1S/C12H14ClN3OS/c1-12(3-5-17-6-4-12)16-9-8-2-7-18-10(8)15-11(13)14-9/h2,7H,3-6H2,1H3,(H,14,15,16). The molecule has 1 aliphatic heterocycles. The zero-order valence-corrected chi connectivity index (χ0v) is 11.6. The molecule has 0 amide bonds. The van der Waals surface area contributed by atoms with Gasteiger partial charge in [-0.25, -0.2) is 9.97 Å². The van der Waals surface area contributed by atoms with Crippen LogP contribution in [0.25, 0.3) is 10.2 Å². The van der Waals surface area contributed by atoms with Crippen molar-refractivity contribution in [3.8, 4) is 0 Å². The Morgan fingerprint density at radius 3 is 2.94 bits per heavy atom. The SMILES string of the molecule is CC1(Nc2nc(Cl)nc3sccc23)CCOCC1. The summed E-state index contributed by atoms with van der Waals surface area (Å²) in [4.78, 5) is 9.47. The molecule has 3 heterocycles. The van der Waals surface area contributed by atoms with E-state index in [-0.39, 0.29) is 5.54 Å². The molecule has 0 unspecified atom stereocenters. The first-order valence-electron chi connectivity index (χ1n) is 5.93. The third kappa shape index (κ3) is 2.30. The van der Waals surface area contributed by atoms with Crippen molar-refractivity contribution in [1.82, 2.24) is 9.97 Å². The van der Waals surface area contributed by atoms with E-state index >= 15 is 0 Å². The summed E-state index contributed by atoms with van der Waals surface area (Å²) in [6, 6.07) is 2.03. The molecule has 0 atom stereocenters. The van der Waals surface area contributed by atoms with E-state index in [1.54, 1.807) is 11.3 Å². The van der Waals surface area contributed by atoms with Crippen molar-refractivity contribution in [2.24, 2.45) is 0 Å². The molecule has 0 aromatic carbocycles. The number of anilines is 1.